The Morgan fingerprint density at radius 2 is 1.93 bits per heavy atom. The van der Waals surface area contributed by atoms with Gasteiger partial charge in [-0.2, -0.15) is 0 Å². The van der Waals surface area contributed by atoms with Crippen molar-refractivity contribution < 1.29 is 4.79 Å². The Balaban J connectivity index is 3.56. The van der Waals surface area contributed by atoms with Gasteiger partial charge in [-0.1, -0.05) is 0 Å². The normalized spacial score (nSPS) is 11.9. The average molecular weight is 215 g/mol. The SMILES string of the molecule is CN(C)CCCCNC(=O)C(C)(C)CN. The number of nitrogens with two attached hydrogens (primary N) is 1. The van der Waals surface area contributed by atoms with Crippen LogP contribution in [0.3, 0.4) is 0 Å². The van der Waals surface area contributed by atoms with Gasteiger partial charge in [0.2, 0.25) is 5.91 Å². The molecule has 0 bridgehead atoms. The molecule has 0 spiro atoms. The van der Waals surface area contributed by atoms with Crippen molar-refractivity contribution in [3.63, 3.8) is 0 Å². The van der Waals surface area contributed by atoms with E-state index in [1.807, 2.05) is 13.8 Å². The lowest BCUT2D eigenvalue weighted by Gasteiger charge is -2.21. The van der Waals surface area contributed by atoms with Crippen LogP contribution < -0.4 is 11.1 Å². The summed E-state index contributed by atoms with van der Waals surface area (Å²) in [6.07, 6.45) is 2.13. The van der Waals surface area contributed by atoms with E-state index in [-0.39, 0.29) is 5.91 Å². The van der Waals surface area contributed by atoms with Crippen LogP contribution in [-0.4, -0.2) is 44.5 Å². The standard InChI is InChI=1S/C11H25N3O/c1-11(2,9-12)10(15)13-7-5-6-8-14(3)4/h5-9,12H2,1-4H3,(H,13,15). The number of carbonyl (C=O) groups excluding carboxylic acids is 1. The van der Waals surface area contributed by atoms with Gasteiger partial charge in [0, 0.05) is 13.1 Å². The first-order chi connectivity index (χ1) is 6.90. The van der Waals surface area contributed by atoms with Gasteiger partial charge < -0.3 is 16.0 Å². The molecule has 0 aliphatic carbocycles. The van der Waals surface area contributed by atoms with Crippen LogP contribution in [0.4, 0.5) is 0 Å². The van der Waals surface area contributed by atoms with E-state index in [0.717, 1.165) is 25.9 Å². The maximum Gasteiger partial charge on any atom is 0.226 e. The molecule has 15 heavy (non-hydrogen) atoms. The van der Waals surface area contributed by atoms with Crippen molar-refractivity contribution >= 4 is 5.91 Å². The predicted octanol–water partition coefficient (Wildman–Crippen LogP) is 0.429. The van der Waals surface area contributed by atoms with Gasteiger partial charge in [0.1, 0.15) is 0 Å². The van der Waals surface area contributed by atoms with E-state index in [2.05, 4.69) is 24.3 Å². The van der Waals surface area contributed by atoms with Gasteiger partial charge in [-0.25, -0.2) is 0 Å². The van der Waals surface area contributed by atoms with Crippen LogP contribution in [-0.2, 0) is 4.79 Å². The molecule has 0 aromatic rings. The molecule has 0 aromatic heterocycles. The summed E-state index contributed by atoms with van der Waals surface area (Å²) in [6.45, 7) is 5.92. The Morgan fingerprint density at radius 3 is 2.40 bits per heavy atom. The lowest BCUT2D eigenvalue weighted by atomic mass is 9.93. The third-order valence-corrected chi connectivity index (χ3v) is 2.44. The van der Waals surface area contributed by atoms with E-state index in [9.17, 15) is 4.79 Å². The fourth-order valence-electron chi connectivity index (χ4n) is 1.09. The molecule has 4 heteroatoms. The summed E-state index contributed by atoms with van der Waals surface area (Å²) in [5, 5.41) is 2.91. The number of hydrogen-bond acceptors (Lipinski definition) is 3. The van der Waals surface area contributed by atoms with Crippen molar-refractivity contribution in [2.75, 3.05) is 33.7 Å². The van der Waals surface area contributed by atoms with Gasteiger partial charge in [-0.15, -0.1) is 0 Å². The second kappa shape index (κ2) is 6.80. The molecular weight excluding hydrogens is 190 g/mol. The molecule has 0 atom stereocenters. The molecular formula is C11H25N3O. The zero-order valence-corrected chi connectivity index (χ0v) is 10.5. The van der Waals surface area contributed by atoms with Crippen molar-refractivity contribution in [3.05, 3.63) is 0 Å². The van der Waals surface area contributed by atoms with Crippen LogP contribution in [0.5, 0.6) is 0 Å². The third-order valence-electron chi connectivity index (χ3n) is 2.44. The summed E-state index contributed by atoms with van der Waals surface area (Å²) in [4.78, 5) is 13.7. The van der Waals surface area contributed by atoms with E-state index in [0.29, 0.717) is 6.54 Å². The maximum absolute atomic E-state index is 11.6. The Hall–Kier alpha value is -0.610. The number of nitrogens with zero attached hydrogens (tertiary/aromatic N) is 1. The number of carbonyl (C=O) groups is 1. The summed E-state index contributed by atoms with van der Waals surface area (Å²) in [5.74, 6) is 0.0508. The van der Waals surface area contributed by atoms with Crippen molar-refractivity contribution in [2.24, 2.45) is 11.1 Å². The van der Waals surface area contributed by atoms with Crippen LogP contribution in [0.2, 0.25) is 0 Å². The lowest BCUT2D eigenvalue weighted by molar-refractivity contribution is -0.128. The minimum Gasteiger partial charge on any atom is -0.356 e. The first kappa shape index (κ1) is 14.4. The summed E-state index contributed by atoms with van der Waals surface area (Å²) < 4.78 is 0. The number of rotatable bonds is 7. The van der Waals surface area contributed by atoms with Gasteiger partial charge in [-0.3, -0.25) is 4.79 Å². The van der Waals surface area contributed by atoms with Crippen LogP contribution in [0, 0.1) is 5.41 Å². The van der Waals surface area contributed by atoms with Crippen LogP contribution in [0.1, 0.15) is 26.7 Å². The molecule has 0 aromatic carbocycles. The van der Waals surface area contributed by atoms with Crippen molar-refractivity contribution in [2.45, 2.75) is 26.7 Å². The number of nitrogens with one attached hydrogen (secondary N) is 1. The number of amides is 1. The van der Waals surface area contributed by atoms with Crippen molar-refractivity contribution in [1.82, 2.24) is 10.2 Å². The summed E-state index contributed by atoms with van der Waals surface area (Å²) >= 11 is 0. The molecule has 0 aliphatic heterocycles. The van der Waals surface area contributed by atoms with E-state index < -0.39 is 5.41 Å². The highest BCUT2D eigenvalue weighted by atomic mass is 16.2. The Kier molecular flexibility index (Phi) is 6.52. The van der Waals surface area contributed by atoms with Crippen LogP contribution >= 0.6 is 0 Å². The molecule has 0 saturated carbocycles. The second-order valence-electron chi connectivity index (χ2n) is 4.85. The highest BCUT2D eigenvalue weighted by molar-refractivity contribution is 5.81. The Bertz CT molecular complexity index is 190. The van der Waals surface area contributed by atoms with Crippen molar-refractivity contribution in [1.29, 1.82) is 0 Å². The molecule has 1 amide bonds. The second-order valence-corrected chi connectivity index (χ2v) is 4.85. The van der Waals surface area contributed by atoms with Gasteiger partial charge >= 0.3 is 0 Å². The van der Waals surface area contributed by atoms with Gasteiger partial charge in [0.25, 0.3) is 0 Å². The van der Waals surface area contributed by atoms with Gasteiger partial charge in [0.15, 0.2) is 0 Å². The topological polar surface area (TPSA) is 58.4 Å². The zero-order chi connectivity index (χ0) is 11.9. The molecule has 0 saturated heterocycles. The fourth-order valence-corrected chi connectivity index (χ4v) is 1.09. The van der Waals surface area contributed by atoms with E-state index in [1.165, 1.54) is 0 Å². The minimum absolute atomic E-state index is 0.0508. The Morgan fingerprint density at radius 1 is 1.33 bits per heavy atom. The molecule has 4 nitrogen and oxygen atoms in total. The molecule has 0 radical (unpaired) electrons. The average Bonchev–Trinajstić information content (AvgIpc) is 2.16. The maximum atomic E-state index is 11.6. The largest absolute Gasteiger partial charge is 0.356 e. The molecule has 0 rings (SSSR count). The van der Waals surface area contributed by atoms with Gasteiger partial charge in [-0.05, 0) is 47.3 Å². The predicted molar refractivity (Wildman–Crippen MR) is 63.6 cm³/mol. The molecule has 90 valence electrons. The molecule has 0 heterocycles. The lowest BCUT2D eigenvalue weighted by Crippen LogP contribution is -2.42. The molecule has 0 aliphatic rings. The highest BCUT2D eigenvalue weighted by Gasteiger charge is 2.24. The fraction of sp³-hybridized carbons (Fsp3) is 0.909. The first-order valence-corrected chi connectivity index (χ1v) is 5.53. The quantitative estimate of drug-likeness (QED) is 0.606. The van der Waals surface area contributed by atoms with Crippen LogP contribution in [0.25, 0.3) is 0 Å². The van der Waals surface area contributed by atoms with E-state index >= 15 is 0 Å². The number of hydrogen-bond donors (Lipinski definition) is 2. The number of unbranched alkanes of at least 4 members (excludes halogenated alkanes) is 1. The van der Waals surface area contributed by atoms with Gasteiger partial charge in [0.05, 0.1) is 5.41 Å². The molecule has 0 unspecified atom stereocenters. The van der Waals surface area contributed by atoms with E-state index in [4.69, 9.17) is 5.73 Å². The van der Waals surface area contributed by atoms with Crippen LogP contribution in [0.15, 0.2) is 0 Å². The Labute approximate surface area is 93.2 Å². The zero-order valence-electron chi connectivity index (χ0n) is 10.5. The molecule has 0 fully saturated rings. The summed E-state index contributed by atoms with van der Waals surface area (Å²) in [6, 6.07) is 0. The first-order valence-electron chi connectivity index (χ1n) is 5.53. The van der Waals surface area contributed by atoms with Crippen molar-refractivity contribution in [3.8, 4) is 0 Å². The summed E-state index contributed by atoms with van der Waals surface area (Å²) in [5.41, 5.74) is 5.07. The van der Waals surface area contributed by atoms with E-state index in [1.54, 1.807) is 0 Å². The smallest absolute Gasteiger partial charge is 0.226 e. The highest BCUT2D eigenvalue weighted by Crippen LogP contribution is 2.11. The minimum atomic E-state index is -0.443. The molecule has 3 N–H and O–H groups in total. The third kappa shape index (κ3) is 6.47. The monoisotopic (exact) mass is 215 g/mol. The summed E-state index contributed by atoms with van der Waals surface area (Å²) in [7, 11) is 4.10.